The molecular formula is C11H17ClFNO. The molecule has 2 aliphatic carbocycles. The summed E-state index contributed by atoms with van der Waals surface area (Å²) in [6.45, 7) is 1.69. The summed E-state index contributed by atoms with van der Waals surface area (Å²) in [6, 6.07) is 0.206. The molecule has 2 nitrogen and oxygen atoms in total. The highest BCUT2D eigenvalue weighted by molar-refractivity contribution is 6.20. The first kappa shape index (κ1) is 11.2. The lowest BCUT2D eigenvalue weighted by Crippen LogP contribution is -2.41. The number of carbonyl (C=O) groups excluding carboxylic acids is 1. The van der Waals surface area contributed by atoms with Crippen LogP contribution in [0.1, 0.15) is 39.0 Å². The van der Waals surface area contributed by atoms with Crippen LogP contribution in [-0.4, -0.2) is 23.5 Å². The zero-order valence-electron chi connectivity index (χ0n) is 8.93. The van der Waals surface area contributed by atoms with Gasteiger partial charge in [-0.15, -0.1) is 11.6 Å². The molecule has 0 aromatic rings. The van der Waals surface area contributed by atoms with E-state index in [1.165, 1.54) is 0 Å². The molecule has 0 saturated heterocycles. The third kappa shape index (κ3) is 2.27. The van der Waals surface area contributed by atoms with Crippen LogP contribution < -0.4 is 5.32 Å². The van der Waals surface area contributed by atoms with Crippen LogP contribution in [0.5, 0.6) is 0 Å². The van der Waals surface area contributed by atoms with E-state index in [0.29, 0.717) is 6.42 Å². The topological polar surface area (TPSA) is 29.1 Å². The predicted octanol–water partition coefficient (Wildman–Crippen LogP) is 2.40. The van der Waals surface area contributed by atoms with Gasteiger partial charge in [-0.2, -0.15) is 0 Å². The number of amides is 1. The molecule has 0 heterocycles. The van der Waals surface area contributed by atoms with E-state index in [1.807, 2.05) is 0 Å². The lowest BCUT2D eigenvalue weighted by molar-refractivity contribution is -0.127. The third-order valence-corrected chi connectivity index (χ3v) is 4.08. The van der Waals surface area contributed by atoms with Crippen LogP contribution in [0.15, 0.2) is 0 Å². The molecule has 0 aromatic heterocycles. The first-order valence-electron chi connectivity index (χ1n) is 5.61. The molecule has 2 aliphatic rings. The molecule has 1 amide bonds. The molecule has 15 heavy (non-hydrogen) atoms. The molecule has 0 spiro atoms. The normalized spacial score (nSPS) is 44.9. The third-order valence-electron chi connectivity index (χ3n) is 3.65. The van der Waals surface area contributed by atoms with Crippen LogP contribution >= 0.6 is 11.6 Å². The van der Waals surface area contributed by atoms with Gasteiger partial charge in [0, 0.05) is 11.4 Å². The number of hydrogen-bond donors (Lipinski definition) is 1. The minimum atomic E-state index is -0.943. The lowest BCUT2D eigenvalue weighted by atomic mass is 9.94. The largest absolute Gasteiger partial charge is 0.353 e. The van der Waals surface area contributed by atoms with Crippen molar-refractivity contribution in [3.05, 3.63) is 0 Å². The van der Waals surface area contributed by atoms with E-state index in [0.717, 1.165) is 25.7 Å². The maximum atomic E-state index is 12.9. The van der Waals surface area contributed by atoms with Crippen LogP contribution in [0, 0.1) is 5.41 Å². The van der Waals surface area contributed by atoms with Gasteiger partial charge in [0.15, 0.2) is 0 Å². The molecule has 2 unspecified atom stereocenters. The number of rotatable bonds is 2. The summed E-state index contributed by atoms with van der Waals surface area (Å²) < 4.78 is 12.9. The summed E-state index contributed by atoms with van der Waals surface area (Å²) >= 11 is 5.97. The van der Waals surface area contributed by atoms with E-state index < -0.39 is 11.6 Å². The monoisotopic (exact) mass is 233 g/mol. The summed E-state index contributed by atoms with van der Waals surface area (Å²) in [5.41, 5.74) is -0.738. The Morgan fingerprint density at radius 1 is 1.40 bits per heavy atom. The van der Waals surface area contributed by atoms with Crippen molar-refractivity contribution in [2.75, 3.05) is 0 Å². The first-order valence-corrected chi connectivity index (χ1v) is 6.05. The molecule has 2 atom stereocenters. The van der Waals surface area contributed by atoms with Gasteiger partial charge in [0.25, 0.3) is 0 Å². The molecule has 0 aliphatic heterocycles. The van der Waals surface area contributed by atoms with E-state index in [1.54, 1.807) is 6.92 Å². The van der Waals surface area contributed by atoms with Crippen molar-refractivity contribution in [3.63, 3.8) is 0 Å². The molecule has 2 saturated carbocycles. The van der Waals surface area contributed by atoms with Gasteiger partial charge in [-0.1, -0.05) is 0 Å². The molecule has 1 N–H and O–H groups in total. The van der Waals surface area contributed by atoms with Crippen molar-refractivity contribution >= 4 is 17.5 Å². The average molecular weight is 234 g/mol. The molecule has 2 fully saturated rings. The van der Waals surface area contributed by atoms with E-state index in [4.69, 9.17) is 11.6 Å². The molecule has 4 heteroatoms. The minimum Gasteiger partial charge on any atom is -0.353 e. The van der Waals surface area contributed by atoms with Gasteiger partial charge >= 0.3 is 0 Å². The summed E-state index contributed by atoms with van der Waals surface area (Å²) in [6.07, 6.45) is 3.18. The fourth-order valence-corrected chi connectivity index (χ4v) is 2.35. The van der Waals surface area contributed by atoms with E-state index in [-0.39, 0.29) is 17.3 Å². The second-order valence-corrected chi connectivity index (χ2v) is 5.63. The molecule has 0 bridgehead atoms. The summed E-state index contributed by atoms with van der Waals surface area (Å²) in [5, 5.41) is 3.19. The molecule has 0 radical (unpaired) electrons. The molecule has 2 rings (SSSR count). The lowest BCUT2D eigenvalue weighted by Gasteiger charge is -2.26. The standard InChI is InChI=1S/C11H17ClFNO/c1-11(6-9(11)13)10(15)14-8-4-2-7(12)3-5-8/h7-9H,2-6H2,1H3,(H,14,15). The van der Waals surface area contributed by atoms with E-state index in [2.05, 4.69) is 5.32 Å². The number of nitrogens with one attached hydrogen (secondary N) is 1. The van der Waals surface area contributed by atoms with Crippen molar-refractivity contribution < 1.29 is 9.18 Å². The Morgan fingerprint density at radius 2 is 1.93 bits per heavy atom. The summed E-state index contributed by atoms with van der Waals surface area (Å²) in [7, 11) is 0. The van der Waals surface area contributed by atoms with Crippen molar-refractivity contribution in [1.29, 1.82) is 0 Å². The van der Waals surface area contributed by atoms with E-state index in [9.17, 15) is 9.18 Å². The van der Waals surface area contributed by atoms with Crippen LogP contribution in [0.4, 0.5) is 4.39 Å². The predicted molar refractivity (Wildman–Crippen MR) is 57.7 cm³/mol. The molecule has 0 aromatic carbocycles. The van der Waals surface area contributed by atoms with Crippen LogP contribution in [0.3, 0.4) is 0 Å². The van der Waals surface area contributed by atoms with Crippen molar-refractivity contribution in [1.82, 2.24) is 5.32 Å². The smallest absolute Gasteiger partial charge is 0.229 e. The fourth-order valence-electron chi connectivity index (χ4n) is 2.10. The van der Waals surface area contributed by atoms with Crippen LogP contribution in [0.2, 0.25) is 0 Å². The first-order chi connectivity index (χ1) is 7.02. The Balaban J connectivity index is 1.80. The zero-order chi connectivity index (χ0) is 11.1. The minimum absolute atomic E-state index is 0.118. The Labute approximate surface area is 94.6 Å². The highest BCUT2D eigenvalue weighted by atomic mass is 35.5. The highest BCUT2D eigenvalue weighted by Gasteiger charge is 2.57. The maximum Gasteiger partial charge on any atom is 0.229 e. The van der Waals surface area contributed by atoms with Gasteiger partial charge in [0.05, 0.1) is 5.41 Å². The number of alkyl halides is 2. The fraction of sp³-hybridized carbons (Fsp3) is 0.909. The summed E-state index contributed by atoms with van der Waals surface area (Å²) in [4.78, 5) is 11.7. The Morgan fingerprint density at radius 3 is 2.40 bits per heavy atom. The Kier molecular flexibility index (Phi) is 2.93. The quantitative estimate of drug-likeness (QED) is 0.730. The van der Waals surface area contributed by atoms with Gasteiger partial charge in [0.2, 0.25) is 5.91 Å². The zero-order valence-corrected chi connectivity index (χ0v) is 9.69. The number of hydrogen-bond acceptors (Lipinski definition) is 1. The van der Waals surface area contributed by atoms with E-state index >= 15 is 0 Å². The SMILES string of the molecule is CC1(C(=O)NC2CCC(Cl)CC2)CC1F. The van der Waals surface area contributed by atoms with Gasteiger partial charge in [-0.3, -0.25) is 4.79 Å². The maximum absolute atomic E-state index is 12.9. The second kappa shape index (κ2) is 3.93. The number of halogens is 2. The average Bonchev–Trinajstić information content (AvgIpc) is 2.80. The highest BCUT2D eigenvalue weighted by Crippen LogP contribution is 2.48. The van der Waals surface area contributed by atoms with Crippen molar-refractivity contribution in [2.24, 2.45) is 5.41 Å². The second-order valence-electron chi connectivity index (χ2n) is 5.01. The molecule has 86 valence electrons. The molecular weight excluding hydrogens is 217 g/mol. The van der Waals surface area contributed by atoms with Crippen LogP contribution in [0.25, 0.3) is 0 Å². The van der Waals surface area contributed by atoms with Crippen LogP contribution in [-0.2, 0) is 4.79 Å². The van der Waals surface area contributed by atoms with Crippen molar-refractivity contribution in [2.45, 2.75) is 56.6 Å². The Hall–Kier alpha value is -0.310. The van der Waals surface area contributed by atoms with Crippen molar-refractivity contribution in [3.8, 4) is 0 Å². The van der Waals surface area contributed by atoms with Gasteiger partial charge in [-0.25, -0.2) is 4.39 Å². The van der Waals surface area contributed by atoms with Gasteiger partial charge in [0.1, 0.15) is 6.17 Å². The van der Waals surface area contributed by atoms with Gasteiger partial charge in [-0.05, 0) is 39.0 Å². The number of carbonyl (C=O) groups is 1. The summed E-state index contributed by atoms with van der Waals surface area (Å²) in [5.74, 6) is -0.118. The van der Waals surface area contributed by atoms with Gasteiger partial charge < -0.3 is 5.32 Å². The Bertz CT molecular complexity index is 265.